The lowest BCUT2D eigenvalue weighted by molar-refractivity contribution is -0.156. The average Bonchev–Trinajstić information content (AvgIpc) is 2.45. The molecule has 0 radical (unpaired) electrons. The van der Waals surface area contributed by atoms with E-state index in [1.54, 1.807) is 0 Å². The van der Waals surface area contributed by atoms with Crippen LogP contribution < -0.4 is 10.1 Å². The lowest BCUT2D eigenvalue weighted by atomic mass is 9.83. The van der Waals surface area contributed by atoms with Gasteiger partial charge in [-0.2, -0.15) is 0 Å². The third-order valence-electron chi connectivity index (χ3n) is 3.42. The van der Waals surface area contributed by atoms with E-state index in [9.17, 15) is 4.79 Å². The third-order valence-corrected chi connectivity index (χ3v) is 3.42. The Morgan fingerprint density at radius 2 is 2.11 bits per heavy atom. The Labute approximate surface area is 114 Å². The van der Waals surface area contributed by atoms with Gasteiger partial charge in [-0.15, -0.1) is 0 Å². The molecule has 1 aliphatic heterocycles. The maximum absolute atomic E-state index is 12.0. The number of piperidine rings is 1. The van der Waals surface area contributed by atoms with Crippen molar-refractivity contribution in [3.05, 3.63) is 30.3 Å². The molecule has 0 aliphatic carbocycles. The highest BCUT2D eigenvalue weighted by Gasteiger charge is 2.36. The van der Waals surface area contributed by atoms with Crippen LogP contribution in [0, 0.1) is 5.41 Å². The maximum Gasteiger partial charge on any atom is 0.313 e. The number of ether oxygens (including phenoxy) is 2. The van der Waals surface area contributed by atoms with E-state index >= 15 is 0 Å². The van der Waals surface area contributed by atoms with E-state index in [4.69, 9.17) is 9.47 Å². The summed E-state index contributed by atoms with van der Waals surface area (Å²) in [5, 5.41) is 3.24. The summed E-state index contributed by atoms with van der Waals surface area (Å²) in [5.41, 5.74) is -0.384. The molecule has 104 valence electrons. The number of carbonyl (C=O) groups excluding carboxylic acids is 1. The van der Waals surface area contributed by atoms with Crippen LogP contribution >= 0.6 is 0 Å². The number of esters is 1. The van der Waals surface area contributed by atoms with Crippen molar-refractivity contribution in [1.82, 2.24) is 5.32 Å². The van der Waals surface area contributed by atoms with Crippen molar-refractivity contribution >= 4 is 5.97 Å². The molecule has 1 atom stereocenters. The van der Waals surface area contributed by atoms with E-state index in [2.05, 4.69) is 5.32 Å². The van der Waals surface area contributed by atoms with Gasteiger partial charge in [-0.25, -0.2) is 0 Å². The van der Waals surface area contributed by atoms with Gasteiger partial charge in [-0.1, -0.05) is 18.2 Å². The molecule has 1 aliphatic rings. The zero-order valence-corrected chi connectivity index (χ0v) is 11.4. The molecule has 0 spiro atoms. The molecule has 1 N–H and O–H groups in total. The van der Waals surface area contributed by atoms with Gasteiger partial charge in [0, 0.05) is 6.54 Å². The van der Waals surface area contributed by atoms with Gasteiger partial charge in [0.2, 0.25) is 0 Å². The molecule has 1 aromatic carbocycles. The number of hydrogen-bond acceptors (Lipinski definition) is 4. The summed E-state index contributed by atoms with van der Waals surface area (Å²) in [4.78, 5) is 12.0. The molecule has 1 heterocycles. The predicted octanol–water partition coefficient (Wildman–Crippen LogP) is 2.00. The van der Waals surface area contributed by atoms with Gasteiger partial charge in [-0.3, -0.25) is 4.79 Å². The van der Waals surface area contributed by atoms with Gasteiger partial charge in [0.1, 0.15) is 19.0 Å². The molecule has 19 heavy (non-hydrogen) atoms. The topological polar surface area (TPSA) is 47.6 Å². The van der Waals surface area contributed by atoms with E-state index in [0.29, 0.717) is 19.8 Å². The van der Waals surface area contributed by atoms with Crippen LogP contribution in [0.2, 0.25) is 0 Å². The summed E-state index contributed by atoms with van der Waals surface area (Å²) >= 11 is 0. The molecule has 1 saturated heterocycles. The van der Waals surface area contributed by atoms with Crippen LogP contribution in [0.15, 0.2) is 30.3 Å². The largest absolute Gasteiger partial charge is 0.490 e. The smallest absolute Gasteiger partial charge is 0.313 e. The van der Waals surface area contributed by atoms with E-state index in [0.717, 1.165) is 25.1 Å². The summed E-state index contributed by atoms with van der Waals surface area (Å²) in [6.07, 6.45) is 1.91. The monoisotopic (exact) mass is 263 g/mol. The lowest BCUT2D eigenvalue weighted by Gasteiger charge is -2.31. The predicted molar refractivity (Wildman–Crippen MR) is 73.1 cm³/mol. The Bertz CT molecular complexity index is 399. The Morgan fingerprint density at radius 3 is 2.79 bits per heavy atom. The summed E-state index contributed by atoms with van der Waals surface area (Å²) in [6, 6.07) is 9.53. The van der Waals surface area contributed by atoms with Crippen molar-refractivity contribution in [2.45, 2.75) is 19.8 Å². The number of carbonyl (C=O) groups is 1. The van der Waals surface area contributed by atoms with Crippen molar-refractivity contribution in [3.63, 3.8) is 0 Å². The first-order valence-electron chi connectivity index (χ1n) is 6.76. The fourth-order valence-corrected chi connectivity index (χ4v) is 2.22. The second kappa shape index (κ2) is 6.57. The zero-order chi connectivity index (χ0) is 13.6. The van der Waals surface area contributed by atoms with Crippen LogP contribution in [-0.4, -0.2) is 32.3 Å². The molecule has 0 amide bonds. The van der Waals surface area contributed by atoms with Crippen LogP contribution in [0.25, 0.3) is 0 Å². The fraction of sp³-hybridized carbons (Fsp3) is 0.533. The highest BCUT2D eigenvalue weighted by Crippen LogP contribution is 2.26. The first-order valence-corrected chi connectivity index (χ1v) is 6.76. The minimum absolute atomic E-state index is 0.128. The molecular weight excluding hydrogens is 242 g/mol. The summed E-state index contributed by atoms with van der Waals surface area (Å²) in [5.74, 6) is 0.667. The number of benzene rings is 1. The molecule has 0 aromatic heterocycles. The van der Waals surface area contributed by atoms with Crippen LogP contribution in [0.4, 0.5) is 0 Å². The van der Waals surface area contributed by atoms with Crippen molar-refractivity contribution in [3.8, 4) is 5.75 Å². The Kier molecular flexibility index (Phi) is 4.80. The zero-order valence-electron chi connectivity index (χ0n) is 11.4. The van der Waals surface area contributed by atoms with Gasteiger partial charge in [0.15, 0.2) is 0 Å². The quantitative estimate of drug-likeness (QED) is 0.652. The van der Waals surface area contributed by atoms with Crippen molar-refractivity contribution in [2.24, 2.45) is 5.41 Å². The van der Waals surface area contributed by atoms with E-state index in [1.807, 2.05) is 37.3 Å². The summed E-state index contributed by atoms with van der Waals surface area (Å²) in [7, 11) is 0. The number of hydrogen-bond donors (Lipinski definition) is 1. The molecular formula is C15H21NO3. The van der Waals surface area contributed by atoms with Gasteiger partial charge >= 0.3 is 5.97 Å². The lowest BCUT2D eigenvalue weighted by Crippen LogP contribution is -2.44. The number of para-hydroxylation sites is 1. The molecule has 1 fully saturated rings. The number of rotatable bonds is 5. The van der Waals surface area contributed by atoms with Gasteiger partial charge in [0.25, 0.3) is 0 Å². The molecule has 1 unspecified atom stereocenters. The van der Waals surface area contributed by atoms with Gasteiger partial charge < -0.3 is 14.8 Å². The van der Waals surface area contributed by atoms with Crippen LogP contribution in [-0.2, 0) is 9.53 Å². The summed E-state index contributed by atoms with van der Waals surface area (Å²) < 4.78 is 10.8. The Hall–Kier alpha value is -1.55. The standard InChI is InChI=1S/C15H21NO3/c1-15(8-5-9-16-12-15)14(17)19-11-10-18-13-6-3-2-4-7-13/h2-4,6-7,16H,5,8-12H2,1H3. The van der Waals surface area contributed by atoms with Crippen LogP contribution in [0.5, 0.6) is 5.75 Å². The van der Waals surface area contributed by atoms with Crippen LogP contribution in [0.1, 0.15) is 19.8 Å². The molecule has 1 aromatic rings. The first-order chi connectivity index (χ1) is 9.21. The molecule has 2 rings (SSSR count). The van der Waals surface area contributed by atoms with Crippen molar-refractivity contribution in [2.75, 3.05) is 26.3 Å². The number of nitrogens with one attached hydrogen (secondary N) is 1. The highest BCUT2D eigenvalue weighted by atomic mass is 16.6. The molecule has 4 nitrogen and oxygen atoms in total. The fourth-order valence-electron chi connectivity index (χ4n) is 2.22. The van der Waals surface area contributed by atoms with Gasteiger partial charge in [-0.05, 0) is 38.4 Å². The minimum Gasteiger partial charge on any atom is -0.490 e. The summed E-state index contributed by atoms with van der Waals surface area (Å²) in [6.45, 7) is 4.33. The van der Waals surface area contributed by atoms with E-state index < -0.39 is 0 Å². The third kappa shape index (κ3) is 3.96. The molecule has 4 heteroatoms. The minimum atomic E-state index is -0.384. The maximum atomic E-state index is 12.0. The van der Waals surface area contributed by atoms with Crippen LogP contribution in [0.3, 0.4) is 0 Å². The Morgan fingerprint density at radius 1 is 1.32 bits per heavy atom. The molecule has 0 bridgehead atoms. The second-order valence-corrected chi connectivity index (χ2v) is 5.14. The average molecular weight is 263 g/mol. The van der Waals surface area contributed by atoms with Gasteiger partial charge in [0.05, 0.1) is 5.41 Å². The highest BCUT2D eigenvalue weighted by molar-refractivity contribution is 5.76. The normalized spacial score (nSPS) is 22.8. The Balaban J connectivity index is 1.69. The second-order valence-electron chi connectivity index (χ2n) is 5.14. The van der Waals surface area contributed by atoms with E-state index in [1.165, 1.54) is 0 Å². The first kappa shape index (κ1) is 13.9. The van der Waals surface area contributed by atoms with Crippen molar-refractivity contribution in [1.29, 1.82) is 0 Å². The van der Waals surface area contributed by atoms with Crippen molar-refractivity contribution < 1.29 is 14.3 Å². The SMILES string of the molecule is CC1(C(=O)OCCOc2ccccc2)CCCNC1. The molecule has 0 saturated carbocycles. The van der Waals surface area contributed by atoms with E-state index in [-0.39, 0.29) is 11.4 Å².